The topological polar surface area (TPSA) is 57.6 Å². The molecule has 0 radical (unpaired) electrons. The Labute approximate surface area is 118 Å². The van der Waals surface area contributed by atoms with Crippen LogP contribution in [0.1, 0.15) is 10.4 Å². The van der Waals surface area contributed by atoms with E-state index in [1.807, 2.05) is 0 Å². The van der Waals surface area contributed by atoms with E-state index >= 15 is 0 Å². The second-order valence-electron chi connectivity index (χ2n) is 3.81. The zero-order valence-electron chi connectivity index (χ0n) is 8.99. The minimum atomic E-state index is -0.940. The van der Waals surface area contributed by atoms with Crippen molar-refractivity contribution in [2.75, 3.05) is 17.3 Å². The molecule has 1 amide bonds. The maximum atomic E-state index is 11.8. The van der Waals surface area contributed by atoms with Gasteiger partial charge in [0.25, 0.3) is 11.7 Å². The van der Waals surface area contributed by atoms with Crippen LogP contribution in [0, 0.1) is 0 Å². The number of nitrogens with zero attached hydrogens (tertiary/aromatic N) is 1. The van der Waals surface area contributed by atoms with Crippen molar-refractivity contribution >= 4 is 52.2 Å². The van der Waals surface area contributed by atoms with Crippen molar-refractivity contribution in [3.8, 4) is 0 Å². The molecule has 0 fully saturated rings. The molecule has 0 spiro atoms. The van der Waals surface area contributed by atoms with E-state index in [1.165, 1.54) is 12.1 Å². The smallest absolute Gasteiger partial charge is 0.299 e. The Morgan fingerprint density at radius 1 is 1.22 bits per heavy atom. The van der Waals surface area contributed by atoms with Crippen molar-refractivity contribution in [2.45, 2.75) is 6.10 Å². The van der Waals surface area contributed by atoms with Crippen LogP contribution in [0.3, 0.4) is 0 Å². The van der Waals surface area contributed by atoms with Gasteiger partial charge in [-0.2, -0.15) is 0 Å². The SMILES string of the molecule is O=C1C(=O)N(CC(O)CCl)c2c(Cl)ccc(Cl)c21. The number of hydrogen-bond acceptors (Lipinski definition) is 3. The van der Waals surface area contributed by atoms with Gasteiger partial charge in [-0.25, -0.2) is 0 Å². The third kappa shape index (κ3) is 2.10. The lowest BCUT2D eigenvalue weighted by Crippen LogP contribution is -2.37. The Morgan fingerprint density at radius 3 is 2.44 bits per heavy atom. The summed E-state index contributed by atoms with van der Waals surface area (Å²) in [6.45, 7) is -0.0961. The van der Waals surface area contributed by atoms with Gasteiger partial charge in [0.05, 0.1) is 39.8 Å². The third-order valence-corrected chi connectivity index (χ3v) is 3.56. The number of rotatable bonds is 3. The molecule has 0 saturated carbocycles. The van der Waals surface area contributed by atoms with Crippen molar-refractivity contribution in [3.05, 3.63) is 27.7 Å². The molecule has 0 aromatic heterocycles. The minimum Gasteiger partial charge on any atom is -0.390 e. The maximum Gasteiger partial charge on any atom is 0.299 e. The normalized spacial score (nSPS) is 16.1. The summed E-state index contributed by atoms with van der Waals surface area (Å²) in [4.78, 5) is 24.7. The lowest BCUT2D eigenvalue weighted by atomic mass is 10.1. The summed E-state index contributed by atoms with van der Waals surface area (Å²) in [6, 6.07) is 2.95. The van der Waals surface area contributed by atoms with Crippen molar-refractivity contribution in [1.82, 2.24) is 0 Å². The molecule has 1 aromatic rings. The number of hydrogen-bond donors (Lipinski definition) is 1. The van der Waals surface area contributed by atoms with Crippen LogP contribution in [0.25, 0.3) is 0 Å². The van der Waals surface area contributed by atoms with Crippen LogP contribution >= 0.6 is 34.8 Å². The number of ketones is 1. The van der Waals surface area contributed by atoms with Crippen LogP contribution in [-0.2, 0) is 4.79 Å². The average Bonchev–Trinajstić information content (AvgIpc) is 2.60. The Balaban J connectivity index is 2.51. The summed E-state index contributed by atoms with van der Waals surface area (Å²) in [5, 5.41) is 9.89. The lowest BCUT2D eigenvalue weighted by molar-refractivity contribution is -0.114. The van der Waals surface area contributed by atoms with Gasteiger partial charge in [0.15, 0.2) is 0 Å². The van der Waals surface area contributed by atoms with Gasteiger partial charge in [0.2, 0.25) is 0 Å². The molecular weight excluding hydrogens is 300 g/mol. The van der Waals surface area contributed by atoms with Crippen LogP contribution < -0.4 is 4.90 Å². The number of carbonyl (C=O) groups is 2. The number of aliphatic hydroxyl groups excluding tert-OH is 1. The first kappa shape index (κ1) is 13.6. The molecule has 1 aromatic carbocycles. The van der Waals surface area contributed by atoms with E-state index in [9.17, 15) is 14.7 Å². The zero-order valence-corrected chi connectivity index (χ0v) is 11.3. The van der Waals surface area contributed by atoms with E-state index in [2.05, 4.69) is 0 Å². The standard InChI is InChI=1S/C11H8Cl3NO3/c12-3-5(16)4-15-9-7(14)2-1-6(13)8(9)10(17)11(15)18/h1-2,5,16H,3-4H2. The summed E-state index contributed by atoms with van der Waals surface area (Å²) in [5.74, 6) is -1.53. The second-order valence-corrected chi connectivity index (χ2v) is 4.93. The van der Waals surface area contributed by atoms with Crippen LogP contribution in [0.4, 0.5) is 5.69 Å². The Kier molecular flexibility index (Phi) is 3.82. The van der Waals surface area contributed by atoms with E-state index in [1.54, 1.807) is 0 Å². The first-order chi connectivity index (χ1) is 8.47. The number of amides is 1. The van der Waals surface area contributed by atoms with Crippen molar-refractivity contribution in [3.63, 3.8) is 0 Å². The maximum absolute atomic E-state index is 11.8. The number of Topliss-reactive ketones (excluding diaryl/α,β-unsaturated/α-hetero) is 1. The third-order valence-electron chi connectivity index (χ3n) is 2.59. The fraction of sp³-hybridized carbons (Fsp3) is 0.273. The molecule has 4 nitrogen and oxygen atoms in total. The van der Waals surface area contributed by atoms with Crippen LogP contribution in [0.5, 0.6) is 0 Å². The van der Waals surface area contributed by atoms with Crippen LogP contribution in [0.15, 0.2) is 12.1 Å². The van der Waals surface area contributed by atoms with Crippen LogP contribution in [0.2, 0.25) is 10.0 Å². The van der Waals surface area contributed by atoms with Crippen LogP contribution in [-0.4, -0.2) is 35.3 Å². The highest BCUT2D eigenvalue weighted by Gasteiger charge is 2.39. The monoisotopic (exact) mass is 307 g/mol. The van der Waals surface area contributed by atoms with Gasteiger partial charge in [-0.05, 0) is 12.1 Å². The fourth-order valence-corrected chi connectivity index (χ4v) is 2.38. The number of anilines is 1. The zero-order chi connectivity index (χ0) is 13.4. The first-order valence-corrected chi connectivity index (χ1v) is 6.34. The molecule has 1 aliphatic heterocycles. The number of benzene rings is 1. The lowest BCUT2D eigenvalue weighted by Gasteiger charge is -2.20. The largest absolute Gasteiger partial charge is 0.390 e. The molecule has 2 rings (SSSR count). The molecule has 1 unspecified atom stereocenters. The molecular formula is C11H8Cl3NO3. The number of halogens is 3. The number of alkyl halides is 1. The summed E-state index contributed by atoms with van der Waals surface area (Å²) in [5.41, 5.74) is 0.319. The highest BCUT2D eigenvalue weighted by Crippen LogP contribution is 2.39. The Hall–Kier alpha value is -0.810. The Bertz CT molecular complexity index is 533. The predicted octanol–water partition coefficient (Wildman–Crippen LogP) is 2.12. The highest BCUT2D eigenvalue weighted by molar-refractivity contribution is 6.57. The van der Waals surface area contributed by atoms with Gasteiger partial charge < -0.3 is 10.0 Å². The van der Waals surface area contributed by atoms with E-state index in [0.29, 0.717) is 0 Å². The van der Waals surface area contributed by atoms with Crippen molar-refractivity contribution in [2.24, 2.45) is 0 Å². The number of fused-ring (bicyclic) bond motifs is 1. The van der Waals surface area contributed by atoms with Gasteiger partial charge in [0.1, 0.15) is 0 Å². The number of carbonyl (C=O) groups excluding carboxylic acids is 2. The molecule has 1 atom stereocenters. The van der Waals surface area contributed by atoms with E-state index in [4.69, 9.17) is 34.8 Å². The molecule has 7 heteroatoms. The van der Waals surface area contributed by atoms with Gasteiger partial charge in [0, 0.05) is 0 Å². The summed E-state index contributed by atoms with van der Waals surface area (Å²) >= 11 is 17.3. The highest BCUT2D eigenvalue weighted by atomic mass is 35.5. The van der Waals surface area contributed by atoms with Gasteiger partial charge >= 0.3 is 0 Å². The van der Waals surface area contributed by atoms with E-state index in [-0.39, 0.29) is 33.7 Å². The molecule has 1 aliphatic rings. The minimum absolute atomic E-state index is 0.0501. The van der Waals surface area contributed by atoms with E-state index in [0.717, 1.165) is 4.90 Å². The molecule has 0 aliphatic carbocycles. The molecule has 1 N–H and O–H groups in total. The molecule has 96 valence electrons. The van der Waals surface area contributed by atoms with Gasteiger partial charge in [-0.3, -0.25) is 9.59 Å². The second kappa shape index (κ2) is 5.05. The Morgan fingerprint density at radius 2 is 1.83 bits per heavy atom. The van der Waals surface area contributed by atoms with Crippen molar-refractivity contribution < 1.29 is 14.7 Å². The molecule has 1 heterocycles. The van der Waals surface area contributed by atoms with E-state index < -0.39 is 17.8 Å². The molecule has 0 saturated heterocycles. The first-order valence-electron chi connectivity index (χ1n) is 5.05. The molecule has 0 bridgehead atoms. The number of β-amino-alcohol motifs (C(OH)–C–C–N with tert-alkyl or cyclic N) is 1. The predicted molar refractivity (Wildman–Crippen MR) is 69.9 cm³/mol. The molecule has 18 heavy (non-hydrogen) atoms. The number of aliphatic hydroxyl groups is 1. The summed E-state index contributed by atoms with van der Waals surface area (Å²) in [6.07, 6.45) is -0.940. The van der Waals surface area contributed by atoms with Crippen molar-refractivity contribution in [1.29, 1.82) is 0 Å². The average molecular weight is 309 g/mol. The van der Waals surface area contributed by atoms with Gasteiger partial charge in [-0.1, -0.05) is 23.2 Å². The quantitative estimate of drug-likeness (QED) is 0.687. The summed E-state index contributed by atoms with van der Waals surface area (Å²) in [7, 11) is 0. The fourth-order valence-electron chi connectivity index (χ4n) is 1.79. The summed E-state index contributed by atoms with van der Waals surface area (Å²) < 4.78 is 0. The van der Waals surface area contributed by atoms with Gasteiger partial charge in [-0.15, -0.1) is 11.6 Å².